The van der Waals surface area contributed by atoms with Crippen LogP contribution in [0.4, 0.5) is 5.95 Å². The molecule has 2 aromatic heterocycles. The predicted octanol–water partition coefficient (Wildman–Crippen LogP) is 2.39. The molecular formula is C16H19N7. The van der Waals surface area contributed by atoms with Crippen LogP contribution in [0, 0.1) is 0 Å². The lowest BCUT2D eigenvalue weighted by Gasteiger charge is -2.08. The summed E-state index contributed by atoms with van der Waals surface area (Å²) in [5.41, 5.74) is 4.07. The third-order valence-electron chi connectivity index (χ3n) is 3.58. The summed E-state index contributed by atoms with van der Waals surface area (Å²) in [7, 11) is 0. The van der Waals surface area contributed by atoms with Gasteiger partial charge in [0.1, 0.15) is 6.33 Å². The van der Waals surface area contributed by atoms with Crippen LogP contribution in [0.5, 0.6) is 0 Å². The molecule has 0 aliphatic heterocycles. The second-order valence-corrected chi connectivity index (χ2v) is 5.12. The molecule has 23 heavy (non-hydrogen) atoms. The second-order valence-electron chi connectivity index (χ2n) is 5.12. The third-order valence-corrected chi connectivity index (χ3v) is 3.58. The van der Waals surface area contributed by atoms with E-state index in [1.807, 2.05) is 18.2 Å². The summed E-state index contributed by atoms with van der Waals surface area (Å²) in [6, 6.07) is 8.09. The molecule has 7 heteroatoms. The summed E-state index contributed by atoms with van der Waals surface area (Å²) in [5, 5.41) is 18.4. The number of H-pyrrole nitrogens is 1. The van der Waals surface area contributed by atoms with Crippen molar-refractivity contribution in [2.24, 2.45) is 0 Å². The van der Waals surface area contributed by atoms with Gasteiger partial charge in [0.15, 0.2) is 5.82 Å². The van der Waals surface area contributed by atoms with Gasteiger partial charge in [0.25, 0.3) is 0 Å². The minimum Gasteiger partial charge on any atom is -0.349 e. The lowest BCUT2D eigenvalue weighted by atomic mass is 10.1. The van der Waals surface area contributed by atoms with Crippen molar-refractivity contribution in [3.05, 3.63) is 47.5 Å². The Morgan fingerprint density at radius 2 is 1.96 bits per heavy atom. The number of nitrogens with zero attached hydrogens (tertiary/aromatic N) is 5. The summed E-state index contributed by atoms with van der Waals surface area (Å²) < 4.78 is 0. The number of benzene rings is 1. The number of hydrogen-bond donors (Lipinski definition) is 2. The molecule has 0 unspecified atom stereocenters. The monoisotopic (exact) mass is 309 g/mol. The van der Waals surface area contributed by atoms with E-state index in [0.717, 1.165) is 41.2 Å². The van der Waals surface area contributed by atoms with E-state index in [0.29, 0.717) is 12.5 Å². The van der Waals surface area contributed by atoms with Crippen LogP contribution in [0.15, 0.2) is 30.6 Å². The Bertz CT molecular complexity index is 768. The molecule has 3 rings (SSSR count). The van der Waals surface area contributed by atoms with E-state index in [1.54, 1.807) is 0 Å². The van der Waals surface area contributed by atoms with Gasteiger partial charge in [0.05, 0.1) is 11.4 Å². The van der Waals surface area contributed by atoms with Crippen molar-refractivity contribution in [1.29, 1.82) is 0 Å². The van der Waals surface area contributed by atoms with Gasteiger partial charge in [-0.3, -0.25) is 5.10 Å². The van der Waals surface area contributed by atoms with Crippen LogP contribution in [-0.4, -0.2) is 30.4 Å². The number of nitrogens with one attached hydrogen (secondary N) is 2. The van der Waals surface area contributed by atoms with E-state index in [-0.39, 0.29) is 0 Å². The van der Waals surface area contributed by atoms with Gasteiger partial charge in [0, 0.05) is 12.1 Å². The van der Waals surface area contributed by atoms with Gasteiger partial charge in [-0.2, -0.15) is 10.2 Å². The van der Waals surface area contributed by atoms with Crippen molar-refractivity contribution in [3.63, 3.8) is 0 Å². The van der Waals surface area contributed by atoms with E-state index in [2.05, 4.69) is 55.6 Å². The fourth-order valence-corrected chi connectivity index (χ4v) is 2.37. The maximum atomic E-state index is 4.54. The van der Waals surface area contributed by atoms with Gasteiger partial charge in [-0.1, -0.05) is 32.0 Å². The Morgan fingerprint density at radius 1 is 1.09 bits per heavy atom. The molecule has 0 bridgehead atoms. The molecule has 2 heterocycles. The van der Waals surface area contributed by atoms with Crippen molar-refractivity contribution < 1.29 is 0 Å². The Kier molecular flexibility index (Phi) is 4.56. The first-order valence-electron chi connectivity index (χ1n) is 7.71. The molecule has 0 saturated heterocycles. The molecule has 0 spiro atoms. The molecule has 7 nitrogen and oxygen atoms in total. The van der Waals surface area contributed by atoms with E-state index in [4.69, 9.17) is 0 Å². The first-order chi connectivity index (χ1) is 11.3. The highest BCUT2D eigenvalue weighted by Gasteiger charge is 2.06. The van der Waals surface area contributed by atoms with E-state index >= 15 is 0 Å². The SMILES string of the molecule is CCc1nnc(NCc2cccc(-c3ncn[nH]3)c2)nc1CC. The topological polar surface area (TPSA) is 92.3 Å². The van der Waals surface area contributed by atoms with Crippen molar-refractivity contribution >= 4 is 5.95 Å². The fourth-order valence-electron chi connectivity index (χ4n) is 2.37. The van der Waals surface area contributed by atoms with Gasteiger partial charge >= 0.3 is 0 Å². The number of rotatable bonds is 6. The zero-order chi connectivity index (χ0) is 16.1. The molecule has 3 aromatic rings. The molecule has 1 aromatic carbocycles. The molecule has 0 saturated carbocycles. The Hall–Kier alpha value is -2.83. The van der Waals surface area contributed by atoms with Crippen LogP contribution in [-0.2, 0) is 19.4 Å². The van der Waals surface area contributed by atoms with Crippen molar-refractivity contribution in [3.8, 4) is 11.4 Å². The van der Waals surface area contributed by atoms with Crippen LogP contribution in [0.3, 0.4) is 0 Å². The Balaban J connectivity index is 1.72. The Labute approximate surface area is 134 Å². The molecule has 2 N–H and O–H groups in total. The van der Waals surface area contributed by atoms with Crippen molar-refractivity contribution in [2.45, 2.75) is 33.2 Å². The molecule has 0 aliphatic carbocycles. The summed E-state index contributed by atoms with van der Waals surface area (Å²) in [6.07, 6.45) is 3.21. The number of anilines is 1. The van der Waals surface area contributed by atoms with Gasteiger partial charge in [0.2, 0.25) is 5.95 Å². The predicted molar refractivity (Wildman–Crippen MR) is 87.7 cm³/mol. The molecule has 118 valence electrons. The molecule has 0 fully saturated rings. The molecule has 0 amide bonds. The summed E-state index contributed by atoms with van der Waals surface area (Å²) in [5.74, 6) is 1.31. The first-order valence-corrected chi connectivity index (χ1v) is 7.71. The summed E-state index contributed by atoms with van der Waals surface area (Å²) in [4.78, 5) is 8.70. The zero-order valence-electron chi connectivity index (χ0n) is 13.2. The first kappa shape index (κ1) is 15.1. The van der Waals surface area contributed by atoms with Gasteiger partial charge in [-0.05, 0) is 24.5 Å². The molecule has 0 aliphatic rings. The number of aromatic amines is 1. The summed E-state index contributed by atoms with van der Waals surface area (Å²) >= 11 is 0. The summed E-state index contributed by atoms with van der Waals surface area (Å²) in [6.45, 7) is 4.76. The average Bonchev–Trinajstić information content (AvgIpc) is 3.14. The third kappa shape index (κ3) is 3.50. The zero-order valence-corrected chi connectivity index (χ0v) is 13.2. The Morgan fingerprint density at radius 3 is 2.70 bits per heavy atom. The number of aryl methyl sites for hydroxylation is 2. The van der Waals surface area contributed by atoms with Crippen LogP contribution < -0.4 is 5.32 Å². The molecular weight excluding hydrogens is 290 g/mol. The maximum absolute atomic E-state index is 4.54. The number of hydrogen-bond acceptors (Lipinski definition) is 6. The second kappa shape index (κ2) is 6.95. The lowest BCUT2D eigenvalue weighted by molar-refractivity contribution is 0.819. The fraction of sp³-hybridized carbons (Fsp3) is 0.312. The van der Waals surface area contributed by atoms with Crippen molar-refractivity contribution in [1.82, 2.24) is 30.4 Å². The standard InChI is InChI=1S/C16H19N7/c1-3-13-14(4-2)21-23-16(20-13)17-9-11-6-5-7-12(8-11)15-18-10-19-22-15/h5-8,10H,3-4,9H2,1-2H3,(H,17,20,23)(H,18,19,22). The minimum absolute atomic E-state index is 0.559. The highest BCUT2D eigenvalue weighted by molar-refractivity contribution is 5.55. The average molecular weight is 309 g/mol. The van der Waals surface area contributed by atoms with E-state index < -0.39 is 0 Å². The number of aromatic nitrogens is 6. The van der Waals surface area contributed by atoms with Crippen LogP contribution >= 0.6 is 0 Å². The maximum Gasteiger partial charge on any atom is 0.243 e. The van der Waals surface area contributed by atoms with E-state index in [9.17, 15) is 0 Å². The van der Waals surface area contributed by atoms with Crippen molar-refractivity contribution in [2.75, 3.05) is 5.32 Å². The van der Waals surface area contributed by atoms with Gasteiger partial charge in [-0.25, -0.2) is 9.97 Å². The smallest absolute Gasteiger partial charge is 0.243 e. The van der Waals surface area contributed by atoms with Gasteiger partial charge < -0.3 is 5.32 Å². The highest BCUT2D eigenvalue weighted by atomic mass is 15.2. The normalized spacial score (nSPS) is 10.7. The molecule has 0 atom stereocenters. The van der Waals surface area contributed by atoms with E-state index in [1.165, 1.54) is 6.33 Å². The molecule has 0 radical (unpaired) electrons. The minimum atomic E-state index is 0.559. The van der Waals surface area contributed by atoms with Crippen LogP contribution in [0.25, 0.3) is 11.4 Å². The quantitative estimate of drug-likeness (QED) is 0.726. The lowest BCUT2D eigenvalue weighted by Crippen LogP contribution is -2.09. The highest BCUT2D eigenvalue weighted by Crippen LogP contribution is 2.16. The van der Waals surface area contributed by atoms with Gasteiger partial charge in [-0.15, -0.1) is 5.10 Å². The van der Waals surface area contributed by atoms with Crippen LogP contribution in [0.1, 0.15) is 30.8 Å². The largest absolute Gasteiger partial charge is 0.349 e. The van der Waals surface area contributed by atoms with Crippen LogP contribution in [0.2, 0.25) is 0 Å².